The SMILES string of the molecule is O=C(Nc1ccc(-c2n[nH]c(C3CC3)n2)cc1)NC(c1ccccc1)c1ccccn1. The Morgan fingerprint density at radius 3 is 2.45 bits per heavy atom. The number of rotatable bonds is 6. The van der Waals surface area contributed by atoms with E-state index in [4.69, 9.17) is 0 Å². The number of hydrogen-bond acceptors (Lipinski definition) is 4. The van der Waals surface area contributed by atoms with E-state index in [0.29, 0.717) is 17.4 Å². The smallest absolute Gasteiger partial charge is 0.320 e. The van der Waals surface area contributed by atoms with Crippen molar-refractivity contribution < 1.29 is 4.79 Å². The molecule has 4 aromatic rings. The third-order valence-corrected chi connectivity index (χ3v) is 5.26. The molecule has 7 heteroatoms. The van der Waals surface area contributed by atoms with Crippen LogP contribution in [-0.4, -0.2) is 26.2 Å². The summed E-state index contributed by atoms with van der Waals surface area (Å²) in [6.07, 6.45) is 4.07. The van der Waals surface area contributed by atoms with Gasteiger partial charge in [-0.1, -0.05) is 36.4 Å². The molecule has 31 heavy (non-hydrogen) atoms. The Labute approximate surface area is 180 Å². The van der Waals surface area contributed by atoms with Crippen molar-refractivity contribution in [2.24, 2.45) is 0 Å². The average molecular weight is 410 g/mol. The predicted octanol–water partition coefficient (Wildman–Crippen LogP) is 4.66. The van der Waals surface area contributed by atoms with Gasteiger partial charge in [-0.3, -0.25) is 10.1 Å². The van der Waals surface area contributed by atoms with Crippen LogP contribution in [0.15, 0.2) is 79.0 Å². The zero-order valence-corrected chi connectivity index (χ0v) is 16.8. The maximum absolute atomic E-state index is 12.7. The third-order valence-electron chi connectivity index (χ3n) is 5.26. The number of urea groups is 1. The quantitative estimate of drug-likeness (QED) is 0.431. The molecular weight excluding hydrogens is 388 g/mol. The highest BCUT2D eigenvalue weighted by Crippen LogP contribution is 2.38. The third kappa shape index (κ3) is 4.45. The molecule has 1 aliphatic carbocycles. The first-order valence-corrected chi connectivity index (χ1v) is 10.3. The largest absolute Gasteiger partial charge is 0.325 e. The van der Waals surface area contributed by atoms with Gasteiger partial charge in [0.2, 0.25) is 0 Å². The minimum absolute atomic E-state index is 0.304. The molecule has 0 aliphatic heterocycles. The van der Waals surface area contributed by atoms with Crippen LogP contribution in [0.4, 0.5) is 10.5 Å². The van der Waals surface area contributed by atoms with Gasteiger partial charge < -0.3 is 10.6 Å². The normalized spacial score (nSPS) is 14.1. The van der Waals surface area contributed by atoms with Gasteiger partial charge in [0.1, 0.15) is 5.82 Å². The summed E-state index contributed by atoms with van der Waals surface area (Å²) in [7, 11) is 0. The zero-order valence-electron chi connectivity index (χ0n) is 16.8. The lowest BCUT2D eigenvalue weighted by atomic mass is 10.0. The van der Waals surface area contributed by atoms with Gasteiger partial charge in [-0.15, -0.1) is 0 Å². The summed E-state index contributed by atoms with van der Waals surface area (Å²) < 4.78 is 0. The Bertz CT molecular complexity index is 1110. The molecule has 2 amide bonds. The minimum atomic E-state index is -0.351. The van der Waals surface area contributed by atoms with Crippen LogP contribution in [0.25, 0.3) is 11.4 Å². The first kappa shape index (κ1) is 19.0. The standard InChI is InChI=1S/C24H22N6O/c31-24(27-21(16-6-2-1-3-7-16)20-8-4-5-15-25-20)26-19-13-11-18(12-14-19)23-28-22(29-30-23)17-9-10-17/h1-8,11-15,17,21H,9-10H2,(H2,26,27,31)(H,28,29,30). The summed E-state index contributed by atoms with van der Waals surface area (Å²) in [5.41, 5.74) is 3.33. The number of amides is 2. The fraction of sp³-hybridized carbons (Fsp3) is 0.167. The fourth-order valence-corrected chi connectivity index (χ4v) is 3.46. The van der Waals surface area contributed by atoms with E-state index in [1.54, 1.807) is 6.20 Å². The molecule has 154 valence electrons. The molecule has 1 saturated carbocycles. The average Bonchev–Trinajstić information content (AvgIpc) is 3.56. The molecule has 2 aromatic heterocycles. The van der Waals surface area contributed by atoms with Gasteiger partial charge in [-0.25, -0.2) is 9.78 Å². The number of nitrogens with zero attached hydrogens (tertiary/aromatic N) is 3. The lowest BCUT2D eigenvalue weighted by Crippen LogP contribution is -2.33. The number of aromatic nitrogens is 4. The lowest BCUT2D eigenvalue weighted by molar-refractivity contribution is 0.250. The van der Waals surface area contributed by atoms with Crippen molar-refractivity contribution in [3.05, 3.63) is 96.1 Å². The molecule has 0 radical (unpaired) electrons. The van der Waals surface area contributed by atoms with Gasteiger partial charge in [0.15, 0.2) is 5.82 Å². The van der Waals surface area contributed by atoms with Crippen molar-refractivity contribution in [1.82, 2.24) is 25.5 Å². The molecule has 0 bridgehead atoms. The van der Waals surface area contributed by atoms with Crippen LogP contribution in [0.2, 0.25) is 0 Å². The first-order chi connectivity index (χ1) is 15.3. The van der Waals surface area contributed by atoms with Crippen LogP contribution < -0.4 is 10.6 Å². The highest BCUT2D eigenvalue weighted by molar-refractivity contribution is 5.90. The Morgan fingerprint density at radius 1 is 0.968 bits per heavy atom. The molecule has 2 aromatic carbocycles. The maximum atomic E-state index is 12.7. The Balaban J connectivity index is 1.28. The Morgan fingerprint density at radius 2 is 1.74 bits per heavy atom. The second-order valence-electron chi connectivity index (χ2n) is 7.59. The number of pyridine rings is 1. The van der Waals surface area contributed by atoms with Gasteiger partial charge in [0.05, 0.1) is 11.7 Å². The van der Waals surface area contributed by atoms with Crippen molar-refractivity contribution in [1.29, 1.82) is 0 Å². The van der Waals surface area contributed by atoms with E-state index in [0.717, 1.165) is 22.6 Å². The number of aromatic amines is 1. The van der Waals surface area contributed by atoms with Crippen molar-refractivity contribution in [2.75, 3.05) is 5.32 Å². The molecule has 1 atom stereocenters. The van der Waals surface area contributed by atoms with E-state index in [1.807, 2.05) is 72.8 Å². The summed E-state index contributed by atoms with van der Waals surface area (Å²) in [6.45, 7) is 0. The second kappa shape index (κ2) is 8.39. The molecule has 0 saturated heterocycles. The number of carbonyl (C=O) groups is 1. The summed E-state index contributed by atoms with van der Waals surface area (Å²) in [5.74, 6) is 2.16. The summed E-state index contributed by atoms with van der Waals surface area (Å²) >= 11 is 0. The van der Waals surface area contributed by atoms with E-state index in [2.05, 4.69) is 30.8 Å². The number of anilines is 1. The molecule has 2 heterocycles. The van der Waals surface area contributed by atoms with Crippen molar-refractivity contribution in [3.63, 3.8) is 0 Å². The molecule has 5 rings (SSSR count). The zero-order chi connectivity index (χ0) is 21.0. The van der Waals surface area contributed by atoms with Crippen LogP contribution in [0.3, 0.4) is 0 Å². The number of hydrogen-bond donors (Lipinski definition) is 3. The summed E-state index contributed by atoms with van der Waals surface area (Å²) in [6, 6.07) is 22.3. The fourth-order valence-electron chi connectivity index (χ4n) is 3.46. The molecule has 1 fully saturated rings. The van der Waals surface area contributed by atoms with E-state index >= 15 is 0 Å². The van der Waals surface area contributed by atoms with Gasteiger partial charge in [-0.05, 0) is 54.8 Å². The molecule has 1 unspecified atom stereocenters. The summed E-state index contributed by atoms with van der Waals surface area (Å²) in [4.78, 5) is 21.7. The van der Waals surface area contributed by atoms with Gasteiger partial charge in [-0.2, -0.15) is 5.10 Å². The van der Waals surface area contributed by atoms with Crippen molar-refractivity contribution in [2.45, 2.75) is 24.8 Å². The van der Waals surface area contributed by atoms with Crippen LogP contribution in [-0.2, 0) is 0 Å². The van der Waals surface area contributed by atoms with Gasteiger partial charge in [0.25, 0.3) is 0 Å². The summed E-state index contributed by atoms with van der Waals surface area (Å²) in [5, 5.41) is 13.2. The van der Waals surface area contributed by atoms with Gasteiger partial charge >= 0.3 is 6.03 Å². The first-order valence-electron chi connectivity index (χ1n) is 10.3. The van der Waals surface area contributed by atoms with E-state index in [1.165, 1.54) is 12.8 Å². The van der Waals surface area contributed by atoms with Crippen molar-refractivity contribution >= 4 is 11.7 Å². The molecule has 3 N–H and O–H groups in total. The lowest BCUT2D eigenvalue weighted by Gasteiger charge is -2.19. The van der Waals surface area contributed by atoms with E-state index in [-0.39, 0.29) is 12.1 Å². The highest BCUT2D eigenvalue weighted by Gasteiger charge is 2.27. The predicted molar refractivity (Wildman–Crippen MR) is 118 cm³/mol. The van der Waals surface area contributed by atoms with E-state index < -0.39 is 0 Å². The van der Waals surface area contributed by atoms with Gasteiger partial charge in [0, 0.05) is 23.4 Å². The van der Waals surface area contributed by atoms with Crippen LogP contribution in [0.5, 0.6) is 0 Å². The Kier molecular flexibility index (Phi) is 5.14. The maximum Gasteiger partial charge on any atom is 0.320 e. The van der Waals surface area contributed by atoms with E-state index in [9.17, 15) is 4.79 Å². The number of nitrogens with one attached hydrogen (secondary N) is 3. The van der Waals surface area contributed by atoms with Crippen LogP contribution >= 0.6 is 0 Å². The molecule has 1 aliphatic rings. The second-order valence-corrected chi connectivity index (χ2v) is 7.59. The Hall–Kier alpha value is -4.00. The van der Waals surface area contributed by atoms with Crippen LogP contribution in [0.1, 0.15) is 41.9 Å². The topological polar surface area (TPSA) is 95.6 Å². The van der Waals surface area contributed by atoms with Crippen molar-refractivity contribution in [3.8, 4) is 11.4 Å². The molecular formula is C24H22N6O. The monoisotopic (exact) mass is 410 g/mol. The number of benzene rings is 2. The number of carbonyl (C=O) groups excluding carboxylic acids is 1. The minimum Gasteiger partial charge on any atom is -0.325 e. The highest BCUT2D eigenvalue weighted by atomic mass is 16.2. The molecule has 0 spiro atoms. The number of H-pyrrole nitrogens is 1. The molecule has 7 nitrogen and oxygen atoms in total. The van der Waals surface area contributed by atoms with Crippen LogP contribution in [0, 0.1) is 0 Å².